The second-order valence-corrected chi connectivity index (χ2v) is 7.72. The van der Waals surface area contributed by atoms with Gasteiger partial charge >= 0.3 is 0 Å². The van der Waals surface area contributed by atoms with Gasteiger partial charge in [0.2, 0.25) is 0 Å². The Bertz CT molecular complexity index is 917. The number of aromatic nitrogens is 3. The van der Waals surface area contributed by atoms with Gasteiger partial charge in [0.05, 0.1) is 6.54 Å². The molecule has 1 heterocycles. The van der Waals surface area contributed by atoms with Gasteiger partial charge in [-0.1, -0.05) is 65.5 Å². The van der Waals surface area contributed by atoms with Crippen LogP contribution in [-0.4, -0.2) is 19.9 Å². The number of rotatable bonds is 5. The van der Waals surface area contributed by atoms with E-state index in [0.717, 1.165) is 5.56 Å². The number of hydrogen-bond donors (Lipinski definition) is 1. The van der Waals surface area contributed by atoms with Gasteiger partial charge in [0.1, 0.15) is 18.3 Å². The molecule has 2 unspecified atom stereocenters. The minimum Gasteiger partial charge on any atom is -0.383 e. The molecule has 4 nitrogen and oxygen atoms in total. The summed E-state index contributed by atoms with van der Waals surface area (Å²) in [6, 6.07) is 10.2. The van der Waals surface area contributed by atoms with E-state index in [1.54, 1.807) is 41.1 Å². The van der Waals surface area contributed by atoms with Crippen molar-refractivity contribution < 1.29 is 5.11 Å². The molecular formula is C18H15Cl4N3O. The molecule has 3 rings (SSSR count). The fourth-order valence-corrected chi connectivity index (χ4v) is 4.11. The summed E-state index contributed by atoms with van der Waals surface area (Å²) < 4.78 is 1.55. The zero-order valence-corrected chi connectivity index (χ0v) is 16.7. The van der Waals surface area contributed by atoms with Crippen molar-refractivity contribution in [3.05, 3.63) is 80.3 Å². The highest BCUT2D eigenvalue weighted by atomic mass is 35.5. The first-order chi connectivity index (χ1) is 12.3. The smallest absolute Gasteiger partial charge is 0.137 e. The summed E-state index contributed by atoms with van der Waals surface area (Å²) in [5, 5.41) is 17.7. The summed E-state index contributed by atoms with van der Waals surface area (Å²) in [7, 11) is 0. The fraction of sp³-hybridized carbons (Fsp3) is 0.222. The lowest BCUT2D eigenvalue weighted by atomic mass is 9.78. The van der Waals surface area contributed by atoms with Crippen molar-refractivity contribution in [2.45, 2.75) is 25.0 Å². The molecule has 2 aromatic carbocycles. The largest absolute Gasteiger partial charge is 0.383 e. The highest BCUT2D eigenvalue weighted by molar-refractivity contribution is 6.35. The van der Waals surface area contributed by atoms with Gasteiger partial charge < -0.3 is 5.11 Å². The Hall–Kier alpha value is -1.30. The third-order valence-electron chi connectivity index (χ3n) is 4.41. The van der Waals surface area contributed by atoms with E-state index in [0.29, 0.717) is 25.7 Å². The van der Waals surface area contributed by atoms with Crippen LogP contribution in [0.3, 0.4) is 0 Å². The summed E-state index contributed by atoms with van der Waals surface area (Å²) in [4.78, 5) is 3.94. The zero-order valence-electron chi connectivity index (χ0n) is 13.7. The lowest BCUT2D eigenvalue weighted by Gasteiger charge is -2.36. The van der Waals surface area contributed by atoms with E-state index < -0.39 is 11.5 Å². The molecule has 0 aliphatic rings. The van der Waals surface area contributed by atoms with Crippen LogP contribution in [0.2, 0.25) is 20.1 Å². The van der Waals surface area contributed by atoms with Gasteiger partial charge in [-0.3, -0.25) is 0 Å². The monoisotopic (exact) mass is 429 g/mol. The number of nitrogens with zero attached hydrogens (tertiary/aromatic N) is 3. The summed E-state index contributed by atoms with van der Waals surface area (Å²) in [6.07, 6.45) is 2.94. The summed E-state index contributed by atoms with van der Waals surface area (Å²) in [6.45, 7) is 2.01. The van der Waals surface area contributed by atoms with Crippen molar-refractivity contribution in [2.75, 3.05) is 0 Å². The van der Waals surface area contributed by atoms with E-state index >= 15 is 0 Å². The van der Waals surface area contributed by atoms with E-state index in [2.05, 4.69) is 10.1 Å². The molecule has 1 aromatic heterocycles. The van der Waals surface area contributed by atoms with Crippen molar-refractivity contribution in [1.29, 1.82) is 0 Å². The van der Waals surface area contributed by atoms with Gasteiger partial charge in [0.25, 0.3) is 0 Å². The molecule has 0 saturated carbocycles. The van der Waals surface area contributed by atoms with Crippen LogP contribution in [-0.2, 0) is 12.1 Å². The molecule has 0 spiro atoms. The predicted molar refractivity (Wildman–Crippen MR) is 105 cm³/mol. The molecule has 3 aromatic rings. The lowest BCUT2D eigenvalue weighted by molar-refractivity contribution is -0.00787. The Morgan fingerprint density at radius 3 is 2.27 bits per heavy atom. The van der Waals surface area contributed by atoms with Crippen molar-refractivity contribution in [2.24, 2.45) is 0 Å². The molecule has 0 bridgehead atoms. The maximum absolute atomic E-state index is 11.7. The van der Waals surface area contributed by atoms with Gasteiger partial charge in [-0.15, -0.1) is 0 Å². The Labute approximate surface area is 171 Å². The van der Waals surface area contributed by atoms with Crippen LogP contribution in [0, 0.1) is 0 Å². The van der Waals surface area contributed by atoms with Crippen LogP contribution in [0.15, 0.2) is 49.1 Å². The molecule has 26 heavy (non-hydrogen) atoms. The van der Waals surface area contributed by atoms with Crippen LogP contribution in [0.4, 0.5) is 0 Å². The van der Waals surface area contributed by atoms with Crippen molar-refractivity contribution in [3.8, 4) is 0 Å². The van der Waals surface area contributed by atoms with E-state index in [4.69, 9.17) is 46.4 Å². The third kappa shape index (κ3) is 3.85. The summed E-state index contributed by atoms with van der Waals surface area (Å²) >= 11 is 24.8. The van der Waals surface area contributed by atoms with Gasteiger partial charge in [-0.05, 0) is 29.8 Å². The van der Waals surface area contributed by atoms with Crippen LogP contribution in [0.1, 0.15) is 24.0 Å². The SMILES string of the molecule is CC(c1ccc(Cl)cc1Cl)C(O)(Cn1cncn1)c1ccc(Cl)cc1Cl. The topological polar surface area (TPSA) is 50.9 Å². The molecule has 0 saturated heterocycles. The molecule has 0 aliphatic heterocycles. The molecule has 0 radical (unpaired) electrons. The standard InChI is InChI=1S/C18H15Cl4N3O/c1-11(14-4-2-12(19)6-16(14)21)18(26,8-25-10-23-9-24-25)15-5-3-13(20)7-17(15)22/h2-7,9-11,26H,8H2,1H3. The first-order valence-corrected chi connectivity index (χ1v) is 9.27. The molecule has 0 amide bonds. The maximum Gasteiger partial charge on any atom is 0.137 e. The van der Waals surface area contributed by atoms with E-state index in [1.807, 2.05) is 6.92 Å². The fourth-order valence-electron chi connectivity index (χ4n) is 2.97. The van der Waals surface area contributed by atoms with Gasteiger partial charge in [-0.2, -0.15) is 5.10 Å². The average molecular weight is 431 g/mol. The summed E-state index contributed by atoms with van der Waals surface area (Å²) in [5.41, 5.74) is -0.144. The molecule has 2 atom stereocenters. The normalized spacial score (nSPS) is 14.8. The van der Waals surface area contributed by atoms with Gasteiger partial charge in [0.15, 0.2) is 0 Å². The predicted octanol–water partition coefficient (Wildman–Crippen LogP) is 5.58. The van der Waals surface area contributed by atoms with Gasteiger partial charge in [0, 0.05) is 31.6 Å². The van der Waals surface area contributed by atoms with Crippen LogP contribution in [0.5, 0.6) is 0 Å². The number of benzene rings is 2. The lowest BCUT2D eigenvalue weighted by Crippen LogP contribution is -2.37. The van der Waals surface area contributed by atoms with Crippen molar-refractivity contribution >= 4 is 46.4 Å². The number of halogens is 4. The highest BCUT2D eigenvalue weighted by Gasteiger charge is 2.40. The van der Waals surface area contributed by atoms with E-state index in [9.17, 15) is 5.11 Å². The first kappa shape index (κ1) is 19.5. The Morgan fingerprint density at radius 2 is 1.69 bits per heavy atom. The first-order valence-electron chi connectivity index (χ1n) is 7.76. The summed E-state index contributed by atoms with van der Waals surface area (Å²) in [5.74, 6) is -0.421. The minimum atomic E-state index is -1.41. The minimum absolute atomic E-state index is 0.133. The average Bonchev–Trinajstić information content (AvgIpc) is 3.06. The Kier molecular flexibility index (Phi) is 5.80. The molecule has 8 heteroatoms. The second kappa shape index (κ2) is 7.75. The molecule has 136 valence electrons. The van der Waals surface area contributed by atoms with Gasteiger partial charge in [-0.25, -0.2) is 9.67 Å². The van der Waals surface area contributed by atoms with Crippen molar-refractivity contribution in [3.63, 3.8) is 0 Å². The Balaban J connectivity index is 2.13. The van der Waals surface area contributed by atoms with Crippen LogP contribution in [0.25, 0.3) is 0 Å². The molecule has 1 N–H and O–H groups in total. The Morgan fingerprint density at radius 1 is 1.04 bits per heavy atom. The number of aliphatic hydroxyl groups is 1. The highest BCUT2D eigenvalue weighted by Crippen LogP contribution is 2.44. The van der Waals surface area contributed by atoms with E-state index in [1.165, 1.54) is 12.7 Å². The number of hydrogen-bond acceptors (Lipinski definition) is 3. The van der Waals surface area contributed by atoms with E-state index in [-0.39, 0.29) is 6.54 Å². The van der Waals surface area contributed by atoms with Crippen LogP contribution < -0.4 is 0 Å². The molecule has 0 fully saturated rings. The zero-order chi connectivity index (χ0) is 18.9. The third-order valence-corrected chi connectivity index (χ3v) is 5.52. The maximum atomic E-state index is 11.7. The second-order valence-electron chi connectivity index (χ2n) is 6.03. The quantitative estimate of drug-likeness (QED) is 0.574. The van der Waals surface area contributed by atoms with Crippen LogP contribution >= 0.6 is 46.4 Å². The molecule has 0 aliphatic carbocycles. The molecular weight excluding hydrogens is 416 g/mol. The van der Waals surface area contributed by atoms with Crippen molar-refractivity contribution in [1.82, 2.24) is 14.8 Å².